The predicted molar refractivity (Wildman–Crippen MR) is 65.7 cm³/mol. The molecular formula is C13H18O5. The second-order valence-electron chi connectivity index (χ2n) is 3.86. The Morgan fingerprint density at radius 3 is 2.39 bits per heavy atom. The number of methoxy groups -OCH3 is 2. The van der Waals surface area contributed by atoms with Crippen molar-refractivity contribution in [3.63, 3.8) is 0 Å². The van der Waals surface area contributed by atoms with Crippen LogP contribution in [0.3, 0.4) is 0 Å². The fourth-order valence-corrected chi connectivity index (χ4v) is 1.53. The number of hydrogen-bond acceptors (Lipinski definition) is 5. The van der Waals surface area contributed by atoms with Crippen molar-refractivity contribution in [2.75, 3.05) is 20.8 Å². The first-order valence-corrected chi connectivity index (χ1v) is 5.59. The van der Waals surface area contributed by atoms with Crippen LogP contribution in [0.15, 0.2) is 18.2 Å². The summed E-state index contributed by atoms with van der Waals surface area (Å²) in [6, 6.07) is 4.77. The summed E-state index contributed by atoms with van der Waals surface area (Å²) in [6.45, 7) is 3.27. The highest BCUT2D eigenvalue weighted by Gasteiger charge is 2.34. The van der Waals surface area contributed by atoms with Crippen LogP contribution in [0.5, 0.6) is 11.5 Å². The first-order chi connectivity index (χ1) is 8.47. The van der Waals surface area contributed by atoms with E-state index in [1.165, 1.54) is 21.1 Å². The molecule has 0 bridgehead atoms. The lowest BCUT2D eigenvalue weighted by molar-refractivity contribution is -0.164. The third kappa shape index (κ3) is 2.73. The Kier molecular flexibility index (Phi) is 4.55. The van der Waals surface area contributed by atoms with Gasteiger partial charge in [-0.15, -0.1) is 0 Å². The highest BCUT2D eigenvalue weighted by Crippen LogP contribution is 2.32. The minimum Gasteiger partial charge on any atom is -0.493 e. The Hall–Kier alpha value is -1.75. The van der Waals surface area contributed by atoms with E-state index in [4.69, 9.17) is 14.2 Å². The average molecular weight is 254 g/mol. The van der Waals surface area contributed by atoms with E-state index < -0.39 is 11.6 Å². The van der Waals surface area contributed by atoms with Crippen LogP contribution in [-0.4, -0.2) is 31.9 Å². The highest BCUT2D eigenvalue weighted by molar-refractivity contribution is 5.80. The smallest absolute Gasteiger partial charge is 0.342 e. The van der Waals surface area contributed by atoms with Crippen molar-refractivity contribution in [2.45, 2.75) is 19.4 Å². The second kappa shape index (κ2) is 5.73. The summed E-state index contributed by atoms with van der Waals surface area (Å²) in [6.07, 6.45) is 0. The molecule has 0 aromatic heterocycles. The van der Waals surface area contributed by atoms with E-state index in [-0.39, 0.29) is 6.61 Å². The molecule has 1 rings (SSSR count). The van der Waals surface area contributed by atoms with E-state index >= 15 is 0 Å². The van der Waals surface area contributed by atoms with Crippen molar-refractivity contribution < 1.29 is 24.1 Å². The monoisotopic (exact) mass is 254 g/mol. The molecule has 0 radical (unpaired) electrons. The molecule has 1 aromatic carbocycles. The van der Waals surface area contributed by atoms with Crippen molar-refractivity contribution >= 4 is 5.97 Å². The van der Waals surface area contributed by atoms with Gasteiger partial charge >= 0.3 is 5.97 Å². The molecule has 5 heteroatoms. The summed E-state index contributed by atoms with van der Waals surface area (Å²) in [5.41, 5.74) is -1.33. The normalized spacial score (nSPS) is 13.6. The summed E-state index contributed by atoms with van der Waals surface area (Å²) >= 11 is 0. The molecule has 0 fully saturated rings. The Bertz CT molecular complexity index is 425. The molecule has 0 heterocycles. The van der Waals surface area contributed by atoms with Crippen LogP contribution in [0.4, 0.5) is 0 Å². The molecule has 0 aliphatic carbocycles. The molecule has 5 nitrogen and oxygen atoms in total. The molecule has 0 aliphatic heterocycles. The van der Waals surface area contributed by atoms with Gasteiger partial charge in [0.1, 0.15) is 0 Å². The fraction of sp³-hybridized carbons (Fsp3) is 0.462. The third-order valence-electron chi connectivity index (χ3n) is 2.62. The van der Waals surface area contributed by atoms with Gasteiger partial charge in [-0.1, -0.05) is 6.07 Å². The Morgan fingerprint density at radius 1 is 1.28 bits per heavy atom. The number of benzene rings is 1. The van der Waals surface area contributed by atoms with Gasteiger partial charge in [-0.05, 0) is 31.5 Å². The zero-order chi connectivity index (χ0) is 13.8. The second-order valence-corrected chi connectivity index (χ2v) is 3.86. The van der Waals surface area contributed by atoms with Gasteiger partial charge in [0.2, 0.25) is 0 Å². The minimum absolute atomic E-state index is 0.211. The molecular weight excluding hydrogens is 236 g/mol. The summed E-state index contributed by atoms with van der Waals surface area (Å²) in [5, 5.41) is 10.2. The molecule has 0 saturated heterocycles. The van der Waals surface area contributed by atoms with Crippen LogP contribution in [0.2, 0.25) is 0 Å². The van der Waals surface area contributed by atoms with Crippen LogP contribution < -0.4 is 9.47 Å². The first-order valence-electron chi connectivity index (χ1n) is 5.59. The van der Waals surface area contributed by atoms with E-state index in [9.17, 15) is 9.90 Å². The van der Waals surface area contributed by atoms with Crippen LogP contribution in [0.1, 0.15) is 19.4 Å². The Labute approximate surface area is 106 Å². The summed E-state index contributed by atoms with van der Waals surface area (Å²) in [5.74, 6) is 0.276. The minimum atomic E-state index is -1.71. The standard InChI is InChI=1S/C13H18O5/c1-5-18-12(14)13(2,15)9-6-7-10(16-3)11(8-9)17-4/h6-8,15H,5H2,1-4H3/t13-/m1/s1. The third-order valence-corrected chi connectivity index (χ3v) is 2.62. The SMILES string of the molecule is CCOC(=O)[C@](C)(O)c1ccc(OC)c(OC)c1. The number of carbonyl (C=O) groups excluding carboxylic acids is 1. The average Bonchev–Trinajstić information content (AvgIpc) is 2.38. The van der Waals surface area contributed by atoms with Gasteiger partial charge in [-0.25, -0.2) is 4.79 Å². The van der Waals surface area contributed by atoms with E-state index in [0.717, 1.165) is 0 Å². The van der Waals surface area contributed by atoms with Gasteiger partial charge in [0, 0.05) is 0 Å². The van der Waals surface area contributed by atoms with E-state index in [0.29, 0.717) is 17.1 Å². The topological polar surface area (TPSA) is 65.0 Å². The van der Waals surface area contributed by atoms with Crippen molar-refractivity contribution in [2.24, 2.45) is 0 Å². The molecule has 1 atom stereocenters. The largest absolute Gasteiger partial charge is 0.493 e. The number of rotatable bonds is 5. The summed E-state index contributed by atoms with van der Waals surface area (Å²) in [4.78, 5) is 11.7. The van der Waals surface area contributed by atoms with Crippen molar-refractivity contribution in [3.05, 3.63) is 23.8 Å². The van der Waals surface area contributed by atoms with E-state index in [2.05, 4.69) is 0 Å². The molecule has 0 amide bonds. The van der Waals surface area contributed by atoms with Crippen LogP contribution >= 0.6 is 0 Å². The first kappa shape index (κ1) is 14.3. The zero-order valence-electron chi connectivity index (χ0n) is 11.0. The van der Waals surface area contributed by atoms with Gasteiger partial charge in [0.15, 0.2) is 17.1 Å². The lowest BCUT2D eigenvalue weighted by atomic mass is 9.96. The van der Waals surface area contributed by atoms with Crippen molar-refractivity contribution in [3.8, 4) is 11.5 Å². The van der Waals surface area contributed by atoms with Crippen molar-refractivity contribution in [1.82, 2.24) is 0 Å². The molecule has 100 valence electrons. The number of carbonyl (C=O) groups is 1. The molecule has 0 saturated carbocycles. The van der Waals surface area contributed by atoms with Gasteiger partial charge in [-0.3, -0.25) is 0 Å². The predicted octanol–water partition coefficient (Wildman–Crippen LogP) is 1.47. The van der Waals surface area contributed by atoms with E-state index in [1.807, 2.05) is 0 Å². The number of hydrogen-bond donors (Lipinski definition) is 1. The van der Waals surface area contributed by atoms with Gasteiger partial charge in [0.05, 0.1) is 20.8 Å². The molecule has 0 aliphatic rings. The maximum absolute atomic E-state index is 11.7. The molecule has 1 aromatic rings. The van der Waals surface area contributed by atoms with Gasteiger partial charge < -0.3 is 19.3 Å². The Morgan fingerprint density at radius 2 is 1.89 bits per heavy atom. The van der Waals surface area contributed by atoms with E-state index in [1.54, 1.807) is 25.1 Å². The number of esters is 1. The molecule has 0 spiro atoms. The lowest BCUT2D eigenvalue weighted by Crippen LogP contribution is -2.34. The van der Waals surface area contributed by atoms with Gasteiger partial charge in [0.25, 0.3) is 0 Å². The quantitative estimate of drug-likeness (QED) is 0.806. The lowest BCUT2D eigenvalue weighted by Gasteiger charge is -2.22. The zero-order valence-corrected chi connectivity index (χ0v) is 11.0. The highest BCUT2D eigenvalue weighted by atomic mass is 16.5. The molecule has 0 unspecified atom stereocenters. The number of ether oxygens (including phenoxy) is 3. The van der Waals surface area contributed by atoms with Crippen LogP contribution in [-0.2, 0) is 15.1 Å². The summed E-state index contributed by atoms with van der Waals surface area (Å²) in [7, 11) is 3.00. The maximum Gasteiger partial charge on any atom is 0.342 e. The molecule has 18 heavy (non-hydrogen) atoms. The van der Waals surface area contributed by atoms with Crippen molar-refractivity contribution in [1.29, 1.82) is 0 Å². The van der Waals surface area contributed by atoms with Gasteiger partial charge in [-0.2, -0.15) is 0 Å². The molecule has 1 N–H and O–H groups in total. The Balaban J connectivity index is 3.12. The maximum atomic E-state index is 11.7. The fourth-order valence-electron chi connectivity index (χ4n) is 1.53. The summed E-state index contributed by atoms with van der Waals surface area (Å²) < 4.78 is 15.0. The van der Waals surface area contributed by atoms with Crippen LogP contribution in [0.25, 0.3) is 0 Å². The van der Waals surface area contributed by atoms with Crippen LogP contribution in [0, 0.1) is 0 Å². The number of aliphatic hydroxyl groups is 1.